The predicted molar refractivity (Wildman–Crippen MR) is 89.5 cm³/mol. The van der Waals surface area contributed by atoms with E-state index in [1.807, 2.05) is 0 Å². The van der Waals surface area contributed by atoms with Crippen LogP contribution < -0.4 is 9.96 Å². The number of furan rings is 1. The molecule has 1 unspecified atom stereocenters. The highest BCUT2D eigenvalue weighted by Crippen LogP contribution is 2.30. The van der Waals surface area contributed by atoms with E-state index in [0.29, 0.717) is 16.7 Å². The monoisotopic (exact) mass is 357 g/mol. The Morgan fingerprint density at radius 1 is 1.12 bits per heavy atom. The number of esters is 2. The zero-order valence-corrected chi connectivity index (χ0v) is 13.9. The largest absolute Gasteiger partial charge is 0.595 e. The van der Waals surface area contributed by atoms with E-state index in [0.717, 1.165) is 0 Å². The summed E-state index contributed by atoms with van der Waals surface area (Å²) in [5.41, 5.74) is 1.01. The molecule has 0 bridgehead atoms. The summed E-state index contributed by atoms with van der Waals surface area (Å²) in [6.45, 7) is 1.64. The lowest BCUT2D eigenvalue weighted by atomic mass is 10.1. The highest BCUT2D eigenvalue weighted by molar-refractivity contribution is 6.05. The van der Waals surface area contributed by atoms with Gasteiger partial charge in [0, 0.05) is 17.5 Å². The number of quaternary nitrogens is 1. The summed E-state index contributed by atoms with van der Waals surface area (Å²) >= 11 is 0. The van der Waals surface area contributed by atoms with E-state index >= 15 is 0 Å². The Morgan fingerprint density at radius 3 is 2.42 bits per heavy atom. The molecule has 8 nitrogen and oxygen atoms in total. The van der Waals surface area contributed by atoms with Crippen molar-refractivity contribution in [3.05, 3.63) is 64.6 Å². The van der Waals surface area contributed by atoms with Gasteiger partial charge in [-0.2, -0.15) is 5.23 Å². The lowest BCUT2D eigenvalue weighted by Gasteiger charge is -2.11. The van der Waals surface area contributed by atoms with Gasteiger partial charge in [-0.25, -0.2) is 14.8 Å². The summed E-state index contributed by atoms with van der Waals surface area (Å²) in [4.78, 5) is 24.1. The fourth-order valence-corrected chi connectivity index (χ4v) is 2.53. The smallest absolute Gasteiger partial charge is 0.343 e. The number of ether oxygens (including phenoxy) is 2. The van der Waals surface area contributed by atoms with Gasteiger partial charge in [-0.3, -0.25) is 0 Å². The van der Waals surface area contributed by atoms with Crippen LogP contribution in [0.5, 0.6) is 5.75 Å². The fourth-order valence-electron chi connectivity index (χ4n) is 2.53. The van der Waals surface area contributed by atoms with Gasteiger partial charge in [0.05, 0.1) is 12.7 Å². The highest BCUT2D eigenvalue weighted by Gasteiger charge is 2.20. The average Bonchev–Trinajstić information content (AvgIpc) is 2.96. The van der Waals surface area contributed by atoms with Crippen molar-refractivity contribution in [3.63, 3.8) is 0 Å². The van der Waals surface area contributed by atoms with E-state index < -0.39 is 17.2 Å². The third-order valence-electron chi connectivity index (χ3n) is 3.80. The third-order valence-corrected chi connectivity index (χ3v) is 3.80. The molecule has 0 amide bonds. The Bertz CT molecular complexity index is 973. The summed E-state index contributed by atoms with van der Waals surface area (Å²) in [6.07, 6.45) is 0. The van der Waals surface area contributed by atoms with E-state index in [1.54, 1.807) is 13.0 Å². The van der Waals surface area contributed by atoms with Crippen molar-refractivity contribution in [2.75, 3.05) is 7.11 Å². The summed E-state index contributed by atoms with van der Waals surface area (Å²) < 4.78 is 15.6. The summed E-state index contributed by atoms with van der Waals surface area (Å²) in [5.74, 6) is -0.578. The first kappa shape index (κ1) is 17.6. The molecular weight excluding hydrogens is 342 g/mol. The number of fused-ring (bicyclic) bond motifs is 1. The van der Waals surface area contributed by atoms with Crippen LogP contribution in [0.1, 0.15) is 26.5 Å². The SMILES string of the molecule is COC(=O)c1c(C)oc2ccc(OC(=O)c3ccc([NH+]([O-])O)cc3)cc12. The van der Waals surface area contributed by atoms with Gasteiger partial charge in [0.15, 0.2) is 5.69 Å². The van der Waals surface area contributed by atoms with Crippen LogP contribution in [-0.2, 0) is 4.74 Å². The molecule has 0 saturated carbocycles. The van der Waals surface area contributed by atoms with Crippen LogP contribution in [-0.4, -0.2) is 24.3 Å². The second kappa shape index (κ2) is 6.96. The molecule has 0 aliphatic heterocycles. The Labute approximate surface area is 147 Å². The minimum atomic E-state index is -1.08. The van der Waals surface area contributed by atoms with Crippen molar-refractivity contribution >= 4 is 28.6 Å². The molecule has 0 fully saturated rings. The normalized spacial score (nSPS) is 12.0. The van der Waals surface area contributed by atoms with E-state index in [2.05, 4.69) is 0 Å². The molecule has 0 saturated heterocycles. The summed E-state index contributed by atoms with van der Waals surface area (Å²) in [7, 11) is 1.27. The van der Waals surface area contributed by atoms with Crippen LogP contribution in [0, 0.1) is 12.1 Å². The van der Waals surface area contributed by atoms with E-state index in [9.17, 15) is 14.8 Å². The van der Waals surface area contributed by atoms with Gasteiger partial charge in [0.2, 0.25) is 0 Å². The van der Waals surface area contributed by atoms with Crippen molar-refractivity contribution in [3.8, 4) is 5.75 Å². The van der Waals surface area contributed by atoms with Gasteiger partial charge in [0.1, 0.15) is 22.7 Å². The van der Waals surface area contributed by atoms with E-state index in [4.69, 9.17) is 19.1 Å². The molecule has 3 rings (SSSR count). The van der Waals surface area contributed by atoms with Gasteiger partial charge in [-0.1, -0.05) is 0 Å². The van der Waals surface area contributed by atoms with Crippen LogP contribution in [0.3, 0.4) is 0 Å². The van der Waals surface area contributed by atoms with Crippen LogP contribution in [0.25, 0.3) is 11.0 Å². The van der Waals surface area contributed by atoms with Crippen LogP contribution >= 0.6 is 0 Å². The number of carbonyl (C=O) groups is 2. The molecule has 0 radical (unpaired) electrons. The number of rotatable bonds is 4. The Hall–Kier alpha value is -3.20. The molecule has 2 N–H and O–H groups in total. The van der Waals surface area contributed by atoms with Gasteiger partial charge in [-0.05, 0) is 37.3 Å². The Morgan fingerprint density at radius 2 is 1.81 bits per heavy atom. The van der Waals surface area contributed by atoms with Gasteiger partial charge in [-0.15, -0.1) is 0 Å². The zero-order chi connectivity index (χ0) is 18.8. The molecule has 1 aromatic heterocycles. The van der Waals surface area contributed by atoms with Gasteiger partial charge < -0.3 is 19.1 Å². The lowest BCUT2D eigenvalue weighted by Crippen LogP contribution is -2.99. The molecule has 0 aliphatic rings. The van der Waals surface area contributed by atoms with Crippen molar-refractivity contribution in [2.24, 2.45) is 0 Å². The molecule has 1 heterocycles. The first-order valence-electron chi connectivity index (χ1n) is 7.57. The van der Waals surface area contributed by atoms with Crippen molar-refractivity contribution < 1.29 is 33.9 Å². The molecule has 0 aliphatic carbocycles. The maximum atomic E-state index is 12.2. The number of carbonyl (C=O) groups excluding carboxylic acids is 2. The van der Waals surface area contributed by atoms with Crippen LogP contribution in [0.2, 0.25) is 0 Å². The number of benzene rings is 2. The standard InChI is InChI=1S/C18H15NO7/c1-10-16(18(21)24-2)14-9-13(7-8-15(14)25-10)26-17(20)11-3-5-12(6-4-11)19(22)23/h3-9,19,22H,1-2H3. The van der Waals surface area contributed by atoms with E-state index in [-0.39, 0.29) is 22.6 Å². The molecule has 134 valence electrons. The molecular formula is C18H15NO7. The maximum absolute atomic E-state index is 12.2. The van der Waals surface area contributed by atoms with Gasteiger partial charge in [0.25, 0.3) is 0 Å². The summed E-state index contributed by atoms with van der Waals surface area (Å²) in [6, 6.07) is 10.0. The zero-order valence-electron chi connectivity index (χ0n) is 13.9. The minimum Gasteiger partial charge on any atom is -0.595 e. The second-order valence-corrected chi connectivity index (χ2v) is 5.45. The van der Waals surface area contributed by atoms with Crippen molar-refractivity contribution in [2.45, 2.75) is 6.92 Å². The molecule has 2 aromatic carbocycles. The lowest BCUT2D eigenvalue weighted by molar-refractivity contribution is -0.991. The number of methoxy groups -OCH3 is 1. The van der Waals surface area contributed by atoms with Crippen molar-refractivity contribution in [1.29, 1.82) is 0 Å². The van der Waals surface area contributed by atoms with E-state index in [1.165, 1.54) is 43.5 Å². The highest BCUT2D eigenvalue weighted by atomic mass is 16.8. The molecule has 0 spiro atoms. The Kier molecular flexibility index (Phi) is 4.72. The Balaban J connectivity index is 1.88. The number of hydrogen-bond acceptors (Lipinski definition) is 7. The fraction of sp³-hybridized carbons (Fsp3) is 0.111. The first-order valence-corrected chi connectivity index (χ1v) is 7.57. The van der Waals surface area contributed by atoms with Gasteiger partial charge >= 0.3 is 11.9 Å². The summed E-state index contributed by atoms with van der Waals surface area (Å²) in [5, 5.41) is 19.1. The second-order valence-electron chi connectivity index (χ2n) is 5.45. The maximum Gasteiger partial charge on any atom is 0.343 e. The topological polar surface area (TPSA) is 113 Å². The van der Waals surface area contributed by atoms with Crippen molar-refractivity contribution in [1.82, 2.24) is 0 Å². The molecule has 26 heavy (non-hydrogen) atoms. The molecule has 8 heteroatoms. The number of nitrogens with one attached hydrogen (secondary N) is 1. The molecule has 3 aromatic rings. The van der Waals surface area contributed by atoms with Crippen LogP contribution in [0.15, 0.2) is 46.9 Å². The number of hydrogen-bond donors (Lipinski definition) is 2. The predicted octanol–water partition coefficient (Wildman–Crippen LogP) is 2.15. The number of aryl methyl sites for hydroxylation is 1. The third kappa shape index (κ3) is 3.29. The van der Waals surface area contributed by atoms with Crippen LogP contribution in [0.4, 0.5) is 5.69 Å². The average molecular weight is 357 g/mol. The quantitative estimate of drug-likeness (QED) is 0.418. The first-order chi connectivity index (χ1) is 12.4. The molecule has 1 atom stereocenters. The minimum absolute atomic E-state index is 0.0690.